The number of benzene rings is 1. The van der Waals surface area contributed by atoms with E-state index in [0.29, 0.717) is 12.1 Å². The lowest BCUT2D eigenvalue weighted by Crippen LogP contribution is -2.58. The van der Waals surface area contributed by atoms with Crippen LogP contribution in [0.15, 0.2) is 30.3 Å². The summed E-state index contributed by atoms with van der Waals surface area (Å²) in [5, 5.41) is 3.50. The lowest BCUT2D eigenvalue weighted by molar-refractivity contribution is 0.0897. The maximum absolute atomic E-state index is 3.50. The van der Waals surface area contributed by atoms with Crippen molar-refractivity contribution in [3.63, 3.8) is 0 Å². The number of piperazine rings is 1. The molecule has 2 rings (SSSR count). The van der Waals surface area contributed by atoms with Crippen LogP contribution in [0.1, 0.15) is 5.56 Å². The first-order chi connectivity index (χ1) is 8.70. The Morgan fingerprint density at radius 2 is 1.94 bits per heavy atom. The maximum atomic E-state index is 3.50. The SMILES string of the molecule is CNC(Cc1ccccc1)C1CN(C)CCN1C. The zero-order valence-electron chi connectivity index (χ0n) is 11.8. The normalized spacial score (nSPS) is 24.1. The van der Waals surface area contributed by atoms with Crippen LogP contribution in [0.5, 0.6) is 0 Å². The van der Waals surface area contributed by atoms with Gasteiger partial charge in [-0.1, -0.05) is 30.3 Å². The van der Waals surface area contributed by atoms with Crippen molar-refractivity contribution in [2.24, 2.45) is 0 Å². The quantitative estimate of drug-likeness (QED) is 0.858. The third-order valence-electron chi connectivity index (χ3n) is 4.03. The van der Waals surface area contributed by atoms with Crippen molar-refractivity contribution in [3.8, 4) is 0 Å². The van der Waals surface area contributed by atoms with Crippen LogP contribution in [-0.2, 0) is 6.42 Å². The average molecular weight is 247 g/mol. The summed E-state index contributed by atoms with van der Waals surface area (Å²) in [4.78, 5) is 4.92. The lowest BCUT2D eigenvalue weighted by Gasteiger charge is -2.42. The van der Waals surface area contributed by atoms with E-state index in [1.165, 1.54) is 12.1 Å². The standard InChI is InChI=1S/C15H25N3/c1-16-14(11-13-7-5-4-6-8-13)15-12-17(2)9-10-18(15)3/h4-8,14-16H,9-12H2,1-3H3. The Morgan fingerprint density at radius 3 is 2.61 bits per heavy atom. The molecule has 1 aromatic carbocycles. The van der Waals surface area contributed by atoms with Crippen LogP contribution < -0.4 is 5.32 Å². The van der Waals surface area contributed by atoms with Crippen molar-refractivity contribution >= 4 is 0 Å². The van der Waals surface area contributed by atoms with E-state index in [1.807, 2.05) is 0 Å². The molecule has 1 fully saturated rings. The molecule has 1 heterocycles. The number of hydrogen-bond donors (Lipinski definition) is 1. The van der Waals surface area contributed by atoms with Crippen LogP contribution in [-0.4, -0.2) is 62.7 Å². The van der Waals surface area contributed by atoms with Crippen molar-refractivity contribution in [3.05, 3.63) is 35.9 Å². The van der Waals surface area contributed by atoms with E-state index in [2.05, 4.69) is 66.6 Å². The van der Waals surface area contributed by atoms with Crippen molar-refractivity contribution in [2.45, 2.75) is 18.5 Å². The molecule has 3 nitrogen and oxygen atoms in total. The summed E-state index contributed by atoms with van der Waals surface area (Å²) in [6.07, 6.45) is 1.10. The molecule has 0 bridgehead atoms. The van der Waals surface area contributed by atoms with Crippen LogP contribution in [0.3, 0.4) is 0 Å². The van der Waals surface area contributed by atoms with E-state index in [1.54, 1.807) is 0 Å². The highest BCUT2D eigenvalue weighted by molar-refractivity contribution is 5.16. The van der Waals surface area contributed by atoms with Crippen LogP contribution in [0.4, 0.5) is 0 Å². The largest absolute Gasteiger partial charge is 0.315 e. The fourth-order valence-electron chi connectivity index (χ4n) is 2.78. The van der Waals surface area contributed by atoms with Gasteiger partial charge in [0, 0.05) is 31.7 Å². The predicted molar refractivity (Wildman–Crippen MR) is 76.9 cm³/mol. The van der Waals surface area contributed by atoms with Crippen LogP contribution in [0.25, 0.3) is 0 Å². The van der Waals surface area contributed by atoms with E-state index in [4.69, 9.17) is 0 Å². The van der Waals surface area contributed by atoms with Crippen LogP contribution >= 0.6 is 0 Å². The fourth-order valence-corrected chi connectivity index (χ4v) is 2.78. The Hall–Kier alpha value is -0.900. The molecule has 0 amide bonds. The Bertz CT molecular complexity index is 352. The van der Waals surface area contributed by atoms with Gasteiger partial charge in [0.05, 0.1) is 0 Å². The minimum Gasteiger partial charge on any atom is -0.315 e. The number of likely N-dealkylation sites (N-methyl/N-ethyl adjacent to an activating group) is 3. The molecule has 0 radical (unpaired) electrons. The number of hydrogen-bond acceptors (Lipinski definition) is 3. The molecule has 18 heavy (non-hydrogen) atoms. The number of nitrogens with zero attached hydrogens (tertiary/aromatic N) is 2. The molecule has 2 atom stereocenters. The molecule has 0 aromatic heterocycles. The molecular formula is C15H25N3. The molecule has 0 aliphatic carbocycles. The third-order valence-corrected chi connectivity index (χ3v) is 4.03. The zero-order valence-corrected chi connectivity index (χ0v) is 11.8. The summed E-state index contributed by atoms with van der Waals surface area (Å²) in [5.41, 5.74) is 1.42. The molecule has 0 saturated carbocycles. The maximum Gasteiger partial charge on any atom is 0.0377 e. The van der Waals surface area contributed by atoms with E-state index >= 15 is 0 Å². The van der Waals surface area contributed by atoms with Gasteiger partial charge in [0.15, 0.2) is 0 Å². The first kappa shape index (κ1) is 13.5. The smallest absolute Gasteiger partial charge is 0.0377 e. The summed E-state index contributed by atoms with van der Waals surface area (Å²) >= 11 is 0. The second-order valence-electron chi connectivity index (χ2n) is 5.40. The highest BCUT2D eigenvalue weighted by Gasteiger charge is 2.28. The van der Waals surface area contributed by atoms with Gasteiger partial charge in [-0.15, -0.1) is 0 Å². The highest BCUT2D eigenvalue weighted by atomic mass is 15.3. The summed E-state index contributed by atoms with van der Waals surface area (Å²) in [5.74, 6) is 0. The Labute approximate surface area is 111 Å². The minimum atomic E-state index is 0.514. The molecule has 1 saturated heterocycles. The molecule has 1 aliphatic heterocycles. The topological polar surface area (TPSA) is 18.5 Å². The molecule has 3 heteroatoms. The highest BCUT2D eigenvalue weighted by Crippen LogP contribution is 2.14. The Morgan fingerprint density at radius 1 is 1.22 bits per heavy atom. The minimum absolute atomic E-state index is 0.514. The predicted octanol–water partition coefficient (Wildman–Crippen LogP) is 1.06. The van der Waals surface area contributed by atoms with Crippen molar-refractivity contribution in [1.82, 2.24) is 15.1 Å². The van der Waals surface area contributed by atoms with Gasteiger partial charge in [-0.2, -0.15) is 0 Å². The fraction of sp³-hybridized carbons (Fsp3) is 0.600. The number of nitrogens with one attached hydrogen (secondary N) is 1. The van der Waals surface area contributed by atoms with Crippen molar-refractivity contribution in [2.75, 3.05) is 40.8 Å². The van der Waals surface area contributed by atoms with Gasteiger partial charge < -0.3 is 10.2 Å². The van der Waals surface area contributed by atoms with Crippen LogP contribution in [0, 0.1) is 0 Å². The first-order valence-electron chi connectivity index (χ1n) is 6.80. The molecule has 2 unspecified atom stereocenters. The molecule has 1 aliphatic rings. The Balaban J connectivity index is 2.03. The van der Waals surface area contributed by atoms with Gasteiger partial charge in [-0.25, -0.2) is 0 Å². The summed E-state index contributed by atoms with van der Waals surface area (Å²) in [7, 11) is 6.54. The van der Waals surface area contributed by atoms with E-state index in [-0.39, 0.29) is 0 Å². The molecule has 1 aromatic rings. The van der Waals surface area contributed by atoms with Gasteiger partial charge in [-0.3, -0.25) is 4.90 Å². The van der Waals surface area contributed by atoms with Crippen molar-refractivity contribution < 1.29 is 0 Å². The second kappa shape index (κ2) is 6.32. The molecule has 100 valence electrons. The summed E-state index contributed by atoms with van der Waals surface area (Å²) < 4.78 is 0. The van der Waals surface area contributed by atoms with E-state index < -0.39 is 0 Å². The van der Waals surface area contributed by atoms with Crippen molar-refractivity contribution in [1.29, 1.82) is 0 Å². The van der Waals surface area contributed by atoms with Gasteiger partial charge in [0.1, 0.15) is 0 Å². The molecular weight excluding hydrogens is 222 g/mol. The lowest BCUT2D eigenvalue weighted by atomic mass is 9.97. The monoisotopic (exact) mass is 247 g/mol. The molecule has 0 spiro atoms. The van der Waals surface area contributed by atoms with E-state index in [0.717, 1.165) is 19.5 Å². The third kappa shape index (κ3) is 3.31. The zero-order chi connectivity index (χ0) is 13.0. The van der Waals surface area contributed by atoms with E-state index in [9.17, 15) is 0 Å². The van der Waals surface area contributed by atoms with Gasteiger partial charge in [-0.05, 0) is 33.1 Å². The summed E-state index contributed by atoms with van der Waals surface area (Å²) in [6.45, 7) is 3.48. The Kier molecular flexibility index (Phi) is 4.75. The molecule has 1 N–H and O–H groups in total. The van der Waals surface area contributed by atoms with Gasteiger partial charge in [0.2, 0.25) is 0 Å². The van der Waals surface area contributed by atoms with Gasteiger partial charge in [0.25, 0.3) is 0 Å². The summed E-state index contributed by atoms with van der Waals surface area (Å²) in [6, 6.07) is 11.9. The number of rotatable bonds is 4. The van der Waals surface area contributed by atoms with Crippen LogP contribution in [0.2, 0.25) is 0 Å². The van der Waals surface area contributed by atoms with Gasteiger partial charge >= 0.3 is 0 Å². The average Bonchev–Trinajstić information content (AvgIpc) is 2.40. The second-order valence-corrected chi connectivity index (χ2v) is 5.40. The first-order valence-corrected chi connectivity index (χ1v) is 6.80.